The molecular formula is C14H19FN2O. The number of halogens is 1. The van der Waals surface area contributed by atoms with Crippen molar-refractivity contribution in [3.63, 3.8) is 0 Å². The first-order valence-electron chi connectivity index (χ1n) is 6.33. The van der Waals surface area contributed by atoms with Crippen LogP contribution in [0, 0.1) is 11.2 Å². The molecule has 0 aliphatic heterocycles. The van der Waals surface area contributed by atoms with Crippen LogP contribution in [0.25, 0.3) is 0 Å². The summed E-state index contributed by atoms with van der Waals surface area (Å²) < 4.78 is 13.6. The van der Waals surface area contributed by atoms with Gasteiger partial charge in [-0.15, -0.1) is 0 Å². The number of amides is 1. The van der Waals surface area contributed by atoms with E-state index in [-0.39, 0.29) is 16.9 Å². The molecule has 18 heavy (non-hydrogen) atoms. The average molecular weight is 250 g/mol. The predicted octanol–water partition coefficient (Wildman–Crippen LogP) is 2.72. The lowest BCUT2D eigenvalue weighted by Crippen LogP contribution is -2.34. The second-order valence-corrected chi connectivity index (χ2v) is 5.44. The Balaban J connectivity index is 1.99. The zero-order chi connectivity index (χ0) is 13.2. The van der Waals surface area contributed by atoms with E-state index in [0.717, 1.165) is 12.8 Å². The van der Waals surface area contributed by atoms with E-state index < -0.39 is 5.82 Å². The van der Waals surface area contributed by atoms with E-state index in [1.54, 1.807) is 0 Å². The van der Waals surface area contributed by atoms with Gasteiger partial charge in [-0.25, -0.2) is 4.39 Å². The van der Waals surface area contributed by atoms with Gasteiger partial charge in [0.05, 0.1) is 5.56 Å². The van der Waals surface area contributed by atoms with E-state index in [0.29, 0.717) is 12.2 Å². The van der Waals surface area contributed by atoms with Crippen LogP contribution in [0.15, 0.2) is 18.2 Å². The number of carbonyl (C=O) groups is 1. The predicted molar refractivity (Wildman–Crippen MR) is 69.7 cm³/mol. The fourth-order valence-corrected chi connectivity index (χ4v) is 2.51. The maximum absolute atomic E-state index is 13.6. The van der Waals surface area contributed by atoms with Gasteiger partial charge in [0, 0.05) is 12.2 Å². The molecule has 0 unspecified atom stereocenters. The Morgan fingerprint density at radius 1 is 1.44 bits per heavy atom. The minimum atomic E-state index is -0.566. The Morgan fingerprint density at radius 2 is 2.11 bits per heavy atom. The maximum Gasteiger partial charge on any atom is 0.254 e. The lowest BCUT2D eigenvalue weighted by molar-refractivity contribution is 0.0930. The molecule has 4 heteroatoms. The molecule has 3 N–H and O–H groups in total. The van der Waals surface area contributed by atoms with Crippen LogP contribution < -0.4 is 11.1 Å². The van der Waals surface area contributed by atoms with Crippen molar-refractivity contribution >= 4 is 11.6 Å². The topological polar surface area (TPSA) is 55.1 Å². The van der Waals surface area contributed by atoms with Crippen LogP contribution in [-0.2, 0) is 0 Å². The standard InChI is InChI=1S/C14H19FN2O/c1-14(6-2-3-7-14)9-17-13(18)11-5-4-10(16)8-12(11)15/h4-5,8H,2-3,6-7,9,16H2,1H3,(H,17,18). The van der Waals surface area contributed by atoms with Crippen LogP contribution in [0.3, 0.4) is 0 Å². The van der Waals surface area contributed by atoms with Crippen LogP contribution >= 0.6 is 0 Å². The second-order valence-electron chi connectivity index (χ2n) is 5.44. The monoisotopic (exact) mass is 250 g/mol. The summed E-state index contributed by atoms with van der Waals surface area (Å²) in [5.41, 5.74) is 6.00. The van der Waals surface area contributed by atoms with Gasteiger partial charge >= 0.3 is 0 Å². The number of benzene rings is 1. The van der Waals surface area contributed by atoms with E-state index in [1.165, 1.54) is 31.0 Å². The minimum absolute atomic E-state index is 0.0609. The molecule has 1 fully saturated rings. The molecule has 0 aromatic heterocycles. The molecule has 0 heterocycles. The Labute approximate surface area is 107 Å². The summed E-state index contributed by atoms with van der Waals surface area (Å²) in [5.74, 6) is -0.926. The highest BCUT2D eigenvalue weighted by atomic mass is 19.1. The van der Waals surface area contributed by atoms with E-state index in [1.807, 2.05) is 0 Å². The number of nitrogen functional groups attached to an aromatic ring is 1. The van der Waals surface area contributed by atoms with Crippen molar-refractivity contribution in [2.75, 3.05) is 12.3 Å². The first-order chi connectivity index (χ1) is 8.50. The first kappa shape index (κ1) is 12.9. The quantitative estimate of drug-likeness (QED) is 0.810. The molecule has 0 saturated heterocycles. The van der Waals surface area contributed by atoms with E-state index >= 15 is 0 Å². The SMILES string of the molecule is CC1(CNC(=O)c2ccc(N)cc2F)CCCC1. The van der Waals surface area contributed by atoms with Crippen molar-refractivity contribution in [3.8, 4) is 0 Å². The van der Waals surface area contributed by atoms with E-state index in [2.05, 4.69) is 12.2 Å². The number of nitrogens with two attached hydrogens (primary N) is 1. The highest BCUT2D eigenvalue weighted by molar-refractivity contribution is 5.94. The normalized spacial score (nSPS) is 17.7. The van der Waals surface area contributed by atoms with E-state index in [4.69, 9.17) is 5.73 Å². The van der Waals surface area contributed by atoms with Crippen molar-refractivity contribution in [3.05, 3.63) is 29.6 Å². The third-order valence-electron chi connectivity index (χ3n) is 3.72. The smallest absolute Gasteiger partial charge is 0.254 e. The van der Waals surface area contributed by atoms with Crippen molar-refractivity contribution in [1.82, 2.24) is 5.32 Å². The molecular weight excluding hydrogens is 231 g/mol. The Hall–Kier alpha value is -1.58. The zero-order valence-electron chi connectivity index (χ0n) is 10.6. The molecule has 1 aromatic rings. The van der Waals surface area contributed by atoms with Gasteiger partial charge in [0.25, 0.3) is 5.91 Å². The zero-order valence-corrected chi connectivity index (χ0v) is 10.6. The second kappa shape index (κ2) is 4.96. The van der Waals surface area contributed by atoms with Gasteiger partial charge in [0.1, 0.15) is 5.82 Å². The molecule has 0 bridgehead atoms. The molecule has 2 rings (SSSR count). The third-order valence-corrected chi connectivity index (χ3v) is 3.72. The van der Waals surface area contributed by atoms with Crippen LogP contribution in [-0.4, -0.2) is 12.5 Å². The van der Waals surface area contributed by atoms with Gasteiger partial charge in [0.15, 0.2) is 0 Å². The number of anilines is 1. The van der Waals surface area contributed by atoms with E-state index in [9.17, 15) is 9.18 Å². The summed E-state index contributed by atoms with van der Waals surface area (Å²) in [4.78, 5) is 11.9. The first-order valence-corrected chi connectivity index (χ1v) is 6.33. The fraction of sp³-hybridized carbons (Fsp3) is 0.500. The number of nitrogens with one attached hydrogen (secondary N) is 1. The summed E-state index contributed by atoms with van der Waals surface area (Å²) >= 11 is 0. The van der Waals surface area contributed by atoms with Crippen LogP contribution in [0.4, 0.5) is 10.1 Å². The lowest BCUT2D eigenvalue weighted by Gasteiger charge is -2.23. The molecule has 0 atom stereocenters. The molecule has 1 aliphatic rings. The summed E-state index contributed by atoms with van der Waals surface area (Å²) in [6.07, 6.45) is 4.67. The largest absolute Gasteiger partial charge is 0.399 e. The molecule has 3 nitrogen and oxygen atoms in total. The van der Waals surface area contributed by atoms with Gasteiger partial charge < -0.3 is 11.1 Å². The Kier molecular flexibility index (Phi) is 3.55. The van der Waals surface area contributed by atoms with Gasteiger partial charge in [-0.1, -0.05) is 19.8 Å². The number of rotatable bonds is 3. The Bertz CT molecular complexity index is 453. The van der Waals surface area contributed by atoms with Crippen LogP contribution in [0.5, 0.6) is 0 Å². The molecule has 0 radical (unpaired) electrons. The van der Waals surface area contributed by atoms with Crippen molar-refractivity contribution in [2.45, 2.75) is 32.6 Å². The maximum atomic E-state index is 13.6. The molecule has 1 saturated carbocycles. The highest BCUT2D eigenvalue weighted by Gasteiger charge is 2.29. The van der Waals surface area contributed by atoms with Crippen LogP contribution in [0.2, 0.25) is 0 Å². The van der Waals surface area contributed by atoms with Crippen molar-refractivity contribution < 1.29 is 9.18 Å². The van der Waals surface area contributed by atoms with Crippen molar-refractivity contribution in [1.29, 1.82) is 0 Å². The molecule has 1 aliphatic carbocycles. The van der Waals surface area contributed by atoms with Gasteiger partial charge in [-0.2, -0.15) is 0 Å². The summed E-state index contributed by atoms with van der Waals surface area (Å²) in [5, 5.41) is 2.82. The minimum Gasteiger partial charge on any atom is -0.399 e. The highest BCUT2D eigenvalue weighted by Crippen LogP contribution is 2.36. The molecule has 1 aromatic carbocycles. The molecule has 1 amide bonds. The molecule has 0 spiro atoms. The number of hydrogen-bond acceptors (Lipinski definition) is 2. The number of hydrogen-bond donors (Lipinski definition) is 2. The number of carbonyl (C=O) groups excluding carboxylic acids is 1. The molecule has 98 valence electrons. The van der Waals surface area contributed by atoms with Crippen LogP contribution in [0.1, 0.15) is 43.0 Å². The summed E-state index contributed by atoms with van der Waals surface area (Å²) in [7, 11) is 0. The summed E-state index contributed by atoms with van der Waals surface area (Å²) in [6, 6.07) is 4.14. The van der Waals surface area contributed by atoms with Gasteiger partial charge in [-0.3, -0.25) is 4.79 Å². The van der Waals surface area contributed by atoms with Gasteiger partial charge in [-0.05, 0) is 36.5 Å². The third kappa shape index (κ3) is 2.81. The van der Waals surface area contributed by atoms with Crippen molar-refractivity contribution in [2.24, 2.45) is 5.41 Å². The Morgan fingerprint density at radius 3 is 2.72 bits per heavy atom. The average Bonchev–Trinajstić information content (AvgIpc) is 2.74. The lowest BCUT2D eigenvalue weighted by atomic mass is 9.89. The summed E-state index contributed by atoms with van der Waals surface area (Å²) in [6.45, 7) is 2.77. The van der Waals surface area contributed by atoms with Gasteiger partial charge in [0.2, 0.25) is 0 Å². The fourth-order valence-electron chi connectivity index (χ4n) is 2.51.